The maximum Gasteiger partial charge on any atom is 0.261 e. The summed E-state index contributed by atoms with van der Waals surface area (Å²) < 4.78 is 5.22. The van der Waals surface area contributed by atoms with E-state index in [2.05, 4.69) is 16.2 Å². The molecule has 1 saturated heterocycles. The summed E-state index contributed by atoms with van der Waals surface area (Å²) in [6.45, 7) is 0.565. The number of carbonyl (C=O) groups excluding carboxylic acids is 2. The minimum absolute atomic E-state index is 0.0928. The van der Waals surface area contributed by atoms with E-state index >= 15 is 0 Å². The summed E-state index contributed by atoms with van der Waals surface area (Å²) in [7, 11) is 0. The van der Waals surface area contributed by atoms with Crippen LogP contribution < -0.4 is 16.2 Å². The number of amides is 2. The van der Waals surface area contributed by atoms with Crippen molar-refractivity contribution < 1.29 is 14.0 Å². The number of hydrogen-bond donors (Lipinski definition) is 3. The summed E-state index contributed by atoms with van der Waals surface area (Å²) in [6.07, 6.45) is 13.7. The highest BCUT2D eigenvalue weighted by molar-refractivity contribution is 7.80. The van der Waals surface area contributed by atoms with Crippen LogP contribution in [0.25, 0.3) is 6.08 Å². The number of thiocarbonyl (C=S) groups is 1. The standard InChI is InChI=1S/C23H30N4O3S/c28-20(6-5-18-3-2-8-30-18)27-7-1-4-19(27)21(29)25-26-22(31)24-23-12-15-9-16(13-23)11-17(10-15)14-23/h2-3,5-6,8,15-17,19H,1,4,7,9-14H2,(H,25,29)(H2,24,26,31)/b6-5+/t15?,16?,17?,19-,23?/m0/s1. The van der Waals surface area contributed by atoms with Gasteiger partial charge in [0.15, 0.2) is 5.11 Å². The number of hydrogen-bond acceptors (Lipinski definition) is 4. The topological polar surface area (TPSA) is 86.6 Å². The van der Waals surface area contributed by atoms with Crippen molar-refractivity contribution in [2.75, 3.05) is 6.54 Å². The summed E-state index contributed by atoms with van der Waals surface area (Å²) in [5.41, 5.74) is 5.72. The van der Waals surface area contributed by atoms with Crippen LogP contribution in [0.15, 0.2) is 28.9 Å². The number of rotatable bonds is 4. The van der Waals surface area contributed by atoms with Gasteiger partial charge in [0.05, 0.1) is 6.26 Å². The van der Waals surface area contributed by atoms with Crippen molar-refractivity contribution in [3.63, 3.8) is 0 Å². The number of furan rings is 1. The fourth-order valence-electron chi connectivity index (χ4n) is 6.68. The second-order valence-electron chi connectivity index (χ2n) is 9.80. The molecular weight excluding hydrogens is 412 g/mol. The van der Waals surface area contributed by atoms with Crippen LogP contribution in [0.5, 0.6) is 0 Å². The van der Waals surface area contributed by atoms with Crippen molar-refractivity contribution >= 4 is 35.2 Å². The maximum atomic E-state index is 12.8. The van der Waals surface area contributed by atoms with Crippen molar-refractivity contribution in [3.05, 3.63) is 30.2 Å². The average Bonchev–Trinajstić information content (AvgIpc) is 3.41. The molecule has 5 aliphatic rings. The average molecular weight is 443 g/mol. The van der Waals surface area contributed by atoms with Crippen LogP contribution in [0.4, 0.5) is 0 Å². The Labute approximate surface area is 188 Å². The summed E-state index contributed by atoms with van der Waals surface area (Å²) >= 11 is 5.51. The smallest absolute Gasteiger partial charge is 0.261 e. The van der Waals surface area contributed by atoms with Crippen molar-refractivity contribution in [3.8, 4) is 0 Å². The minimum Gasteiger partial charge on any atom is -0.465 e. The summed E-state index contributed by atoms with van der Waals surface area (Å²) in [5.74, 6) is 2.65. The van der Waals surface area contributed by atoms with E-state index in [4.69, 9.17) is 16.6 Å². The van der Waals surface area contributed by atoms with Gasteiger partial charge in [-0.2, -0.15) is 0 Å². The Hall–Kier alpha value is -2.35. The lowest BCUT2D eigenvalue weighted by Crippen LogP contribution is -2.63. The molecule has 6 rings (SSSR count). The van der Waals surface area contributed by atoms with E-state index in [1.807, 2.05) is 0 Å². The third kappa shape index (κ3) is 4.35. The van der Waals surface area contributed by atoms with Crippen molar-refractivity contribution in [1.29, 1.82) is 0 Å². The predicted molar refractivity (Wildman–Crippen MR) is 120 cm³/mol. The number of nitrogens with zero attached hydrogens (tertiary/aromatic N) is 1. The first-order valence-corrected chi connectivity index (χ1v) is 11.8. The summed E-state index contributed by atoms with van der Waals surface area (Å²) in [5, 5.41) is 4.02. The van der Waals surface area contributed by atoms with E-state index in [0.717, 1.165) is 24.2 Å². The van der Waals surface area contributed by atoms with Gasteiger partial charge in [0.2, 0.25) is 5.91 Å². The fourth-order valence-corrected chi connectivity index (χ4v) is 6.94. The molecule has 1 aromatic heterocycles. The monoisotopic (exact) mass is 442 g/mol. The van der Waals surface area contributed by atoms with Crippen LogP contribution in [0.1, 0.15) is 57.1 Å². The number of carbonyl (C=O) groups is 2. The highest BCUT2D eigenvalue weighted by Gasteiger charge is 2.51. The zero-order valence-corrected chi connectivity index (χ0v) is 18.5. The molecule has 7 nitrogen and oxygen atoms in total. The van der Waals surface area contributed by atoms with Gasteiger partial charge in [-0.05, 0) is 99.5 Å². The molecule has 2 amide bonds. The zero-order valence-electron chi connectivity index (χ0n) is 17.6. The first kappa shape index (κ1) is 20.5. The van der Waals surface area contributed by atoms with Crippen LogP contribution in [0.2, 0.25) is 0 Å². The normalized spacial score (nSPS) is 33.6. The lowest BCUT2D eigenvalue weighted by Gasteiger charge is -2.57. The molecule has 0 aromatic carbocycles. The van der Waals surface area contributed by atoms with Gasteiger partial charge in [0, 0.05) is 18.2 Å². The third-order valence-electron chi connectivity index (χ3n) is 7.49. The number of likely N-dealkylation sites (tertiary alicyclic amines) is 1. The Morgan fingerprint density at radius 3 is 2.48 bits per heavy atom. The van der Waals surface area contributed by atoms with E-state index in [0.29, 0.717) is 23.8 Å². The van der Waals surface area contributed by atoms with Crippen molar-refractivity contribution in [1.82, 2.24) is 21.1 Å². The van der Waals surface area contributed by atoms with E-state index < -0.39 is 6.04 Å². The van der Waals surface area contributed by atoms with E-state index in [9.17, 15) is 9.59 Å². The molecule has 2 heterocycles. The maximum absolute atomic E-state index is 12.8. The van der Waals surface area contributed by atoms with Crippen LogP contribution in [-0.4, -0.2) is 40.0 Å². The van der Waals surface area contributed by atoms with Gasteiger partial charge in [-0.1, -0.05) is 0 Å². The first-order valence-electron chi connectivity index (χ1n) is 11.4. The summed E-state index contributed by atoms with van der Waals surface area (Å²) in [6, 6.07) is 3.05. The molecule has 0 spiro atoms. The Bertz CT molecular complexity index is 846. The van der Waals surface area contributed by atoms with Crippen LogP contribution in [-0.2, 0) is 9.59 Å². The summed E-state index contributed by atoms with van der Waals surface area (Å²) in [4.78, 5) is 26.9. The molecule has 1 aromatic rings. The Morgan fingerprint density at radius 2 is 1.84 bits per heavy atom. The lowest BCUT2D eigenvalue weighted by molar-refractivity contribution is -0.135. The van der Waals surface area contributed by atoms with Crippen molar-refractivity contribution in [2.24, 2.45) is 17.8 Å². The van der Waals surface area contributed by atoms with E-state index in [-0.39, 0.29) is 17.4 Å². The highest BCUT2D eigenvalue weighted by Crippen LogP contribution is 2.55. The van der Waals surface area contributed by atoms with Gasteiger partial charge in [-0.3, -0.25) is 20.4 Å². The molecular formula is C23H30N4O3S. The quantitative estimate of drug-likeness (QED) is 0.378. The Balaban J connectivity index is 1.13. The lowest BCUT2D eigenvalue weighted by atomic mass is 9.53. The SMILES string of the molecule is O=C(NNC(=S)NC12CC3CC(CC(C3)C1)C2)[C@@H]1CCCN1C(=O)/C=C/c1ccco1. The van der Waals surface area contributed by atoms with E-state index in [1.54, 1.807) is 29.4 Å². The van der Waals surface area contributed by atoms with Gasteiger partial charge >= 0.3 is 0 Å². The molecule has 166 valence electrons. The molecule has 1 aliphatic heterocycles. The molecule has 4 saturated carbocycles. The van der Waals surface area contributed by atoms with Gasteiger partial charge < -0.3 is 14.6 Å². The largest absolute Gasteiger partial charge is 0.465 e. The first-order chi connectivity index (χ1) is 15.0. The molecule has 8 heteroatoms. The van der Waals surface area contributed by atoms with Crippen LogP contribution >= 0.6 is 12.2 Å². The second kappa shape index (κ2) is 8.30. The van der Waals surface area contributed by atoms with Gasteiger partial charge in [-0.25, -0.2) is 0 Å². The molecule has 5 fully saturated rings. The number of hydrazine groups is 1. The van der Waals surface area contributed by atoms with Crippen molar-refractivity contribution in [2.45, 2.75) is 62.9 Å². The Kier molecular flexibility index (Phi) is 5.50. The molecule has 0 radical (unpaired) electrons. The zero-order chi connectivity index (χ0) is 21.4. The molecule has 1 atom stereocenters. The molecule has 4 aliphatic carbocycles. The van der Waals surface area contributed by atoms with Crippen LogP contribution in [0.3, 0.4) is 0 Å². The minimum atomic E-state index is -0.497. The highest BCUT2D eigenvalue weighted by atomic mass is 32.1. The van der Waals surface area contributed by atoms with Gasteiger partial charge in [-0.15, -0.1) is 0 Å². The fraction of sp³-hybridized carbons (Fsp3) is 0.609. The number of nitrogens with one attached hydrogen (secondary N) is 3. The molecule has 3 N–H and O–H groups in total. The van der Waals surface area contributed by atoms with Gasteiger partial charge in [0.1, 0.15) is 11.8 Å². The third-order valence-corrected chi connectivity index (χ3v) is 7.69. The van der Waals surface area contributed by atoms with Crippen LogP contribution in [0, 0.1) is 17.8 Å². The van der Waals surface area contributed by atoms with E-state index in [1.165, 1.54) is 44.6 Å². The predicted octanol–water partition coefficient (Wildman–Crippen LogP) is 2.75. The molecule has 4 bridgehead atoms. The Morgan fingerprint density at radius 1 is 1.13 bits per heavy atom. The second-order valence-corrected chi connectivity index (χ2v) is 10.2. The molecule has 0 unspecified atom stereocenters. The van der Waals surface area contributed by atoms with Gasteiger partial charge in [0.25, 0.3) is 5.91 Å². The molecule has 31 heavy (non-hydrogen) atoms.